The van der Waals surface area contributed by atoms with Crippen molar-refractivity contribution in [2.45, 2.75) is 19.3 Å². The quantitative estimate of drug-likeness (QED) is 0.704. The highest BCUT2D eigenvalue weighted by Crippen LogP contribution is 2.37. The van der Waals surface area contributed by atoms with Gasteiger partial charge in [-0.05, 0) is 37.1 Å². The van der Waals surface area contributed by atoms with Gasteiger partial charge >= 0.3 is 0 Å². The van der Waals surface area contributed by atoms with Crippen LogP contribution in [0.2, 0.25) is 0 Å². The molecule has 0 radical (unpaired) electrons. The summed E-state index contributed by atoms with van der Waals surface area (Å²) in [5.41, 5.74) is 4.54. The van der Waals surface area contributed by atoms with Gasteiger partial charge in [0, 0.05) is 16.0 Å². The van der Waals surface area contributed by atoms with Gasteiger partial charge in [-0.3, -0.25) is 0 Å². The molecule has 0 spiro atoms. The molecule has 0 aliphatic carbocycles. The van der Waals surface area contributed by atoms with E-state index in [1.165, 1.54) is 11.1 Å². The molecule has 3 nitrogen and oxygen atoms in total. The molecule has 3 aromatic rings. The number of para-hydroxylation sites is 1. The van der Waals surface area contributed by atoms with Crippen molar-refractivity contribution >= 4 is 27.0 Å². The molecule has 4 heteroatoms. The van der Waals surface area contributed by atoms with Gasteiger partial charge in [0.05, 0.1) is 17.6 Å². The molecule has 1 unspecified atom stereocenters. The number of imidazole rings is 1. The lowest BCUT2D eigenvalue weighted by Gasteiger charge is -2.24. The lowest BCUT2D eigenvalue weighted by atomic mass is 9.92. The Kier molecular flexibility index (Phi) is 3.00. The molecule has 0 saturated heterocycles. The van der Waals surface area contributed by atoms with Crippen molar-refractivity contribution in [1.82, 2.24) is 9.97 Å². The van der Waals surface area contributed by atoms with Crippen LogP contribution >= 0.6 is 15.9 Å². The first kappa shape index (κ1) is 12.9. The second-order valence-corrected chi connectivity index (χ2v) is 6.38. The van der Waals surface area contributed by atoms with E-state index in [2.05, 4.69) is 52.1 Å². The van der Waals surface area contributed by atoms with Crippen LogP contribution in [0.5, 0.6) is 5.75 Å². The fraction of sp³-hybridized carbons (Fsp3) is 0.235. The highest BCUT2D eigenvalue weighted by molar-refractivity contribution is 9.10. The van der Waals surface area contributed by atoms with E-state index in [0.717, 1.165) is 40.1 Å². The van der Waals surface area contributed by atoms with Gasteiger partial charge in [-0.25, -0.2) is 4.98 Å². The predicted molar refractivity (Wildman–Crippen MR) is 86.9 cm³/mol. The Morgan fingerprint density at radius 3 is 3.05 bits per heavy atom. The van der Waals surface area contributed by atoms with Gasteiger partial charge in [-0.15, -0.1) is 0 Å². The minimum Gasteiger partial charge on any atom is -0.493 e. The maximum atomic E-state index is 5.74. The fourth-order valence-electron chi connectivity index (χ4n) is 3.06. The van der Waals surface area contributed by atoms with Crippen LogP contribution in [-0.2, 0) is 0 Å². The van der Waals surface area contributed by atoms with Gasteiger partial charge in [0.2, 0.25) is 0 Å². The number of H-pyrrole nitrogens is 1. The number of aryl methyl sites for hydroxylation is 1. The third-order valence-electron chi connectivity index (χ3n) is 4.05. The number of aromatic nitrogens is 2. The molecule has 21 heavy (non-hydrogen) atoms. The van der Waals surface area contributed by atoms with E-state index in [4.69, 9.17) is 9.72 Å². The summed E-state index contributed by atoms with van der Waals surface area (Å²) in [5, 5.41) is 0. The van der Waals surface area contributed by atoms with Crippen molar-refractivity contribution in [3.05, 3.63) is 57.8 Å². The molecule has 1 N–H and O–H groups in total. The van der Waals surface area contributed by atoms with Gasteiger partial charge in [0.15, 0.2) is 0 Å². The average molecular weight is 343 g/mol. The molecule has 1 aromatic heterocycles. The molecular weight excluding hydrogens is 328 g/mol. The molecule has 0 bridgehead atoms. The zero-order valence-corrected chi connectivity index (χ0v) is 13.3. The summed E-state index contributed by atoms with van der Waals surface area (Å²) in [6.07, 6.45) is 0.955. The first-order chi connectivity index (χ1) is 10.2. The Labute approximate surface area is 131 Å². The van der Waals surface area contributed by atoms with Gasteiger partial charge < -0.3 is 9.72 Å². The van der Waals surface area contributed by atoms with Crippen LogP contribution in [0.4, 0.5) is 0 Å². The van der Waals surface area contributed by atoms with Gasteiger partial charge in [0.1, 0.15) is 11.6 Å². The van der Waals surface area contributed by atoms with Crippen LogP contribution in [-0.4, -0.2) is 16.6 Å². The van der Waals surface area contributed by atoms with Crippen molar-refractivity contribution < 1.29 is 4.74 Å². The summed E-state index contributed by atoms with van der Waals surface area (Å²) in [6, 6.07) is 12.4. The number of nitrogens with zero attached hydrogens (tertiary/aromatic N) is 1. The number of ether oxygens (including phenoxy) is 1. The Morgan fingerprint density at radius 2 is 2.14 bits per heavy atom. The molecule has 0 fully saturated rings. The summed E-state index contributed by atoms with van der Waals surface area (Å²) in [4.78, 5) is 8.34. The van der Waals surface area contributed by atoms with Gasteiger partial charge in [-0.1, -0.05) is 34.1 Å². The second-order valence-electron chi connectivity index (χ2n) is 5.47. The first-order valence-corrected chi connectivity index (χ1v) is 7.89. The molecule has 0 amide bonds. The zero-order chi connectivity index (χ0) is 14.4. The van der Waals surface area contributed by atoms with E-state index < -0.39 is 0 Å². The van der Waals surface area contributed by atoms with Crippen molar-refractivity contribution in [2.24, 2.45) is 0 Å². The second kappa shape index (κ2) is 4.88. The van der Waals surface area contributed by atoms with Crippen molar-refractivity contribution in [1.29, 1.82) is 0 Å². The van der Waals surface area contributed by atoms with Crippen LogP contribution in [0.1, 0.15) is 29.3 Å². The molecular formula is C17H15BrN2O. The largest absolute Gasteiger partial charge is 0.493 e. The van der Waals surface area contributed by atoms with Crippen molar-refractivity contribution in [3.63, 3.8) is 0 Å². The lowest BCUT2D eigenvalue weighted by Crippen LogP contribution is -2.16. The number of hydrogen-bond donors (Lipinski definition) is 1. The van der Waals surface area contributed by atoms with Crippen LogP contribution in [0.3, 0.4) is 0 Å². The lowest BCUT2D eigenvalue weighted by molar-refractivity contribution is 0.275. The number of halogens is 1. The van der Waals surface area contributed by atoms with E-state index in [-0.39, 0.29) is 5.92 Å². The smallest absolute Gasteiger partial charge is 0.123 e. The van der Waals surface area contributed by atoms with Gasteiger partial charge in [-0.2, -0.15) is 0 Å². The summed E-state index contributed by atoms with van der Waals surface area (Å²) < 4.78 is 6.82. The molecule has 2 heterocycles. The average Bonchev–Trinajstić information content (AvgIpc) is 2.90. The number of benzene rings is 2. The predicted octanol–water partition coefficient (Wildman–Crippen LogP) is 4.55. The highest BCUT2D eigenvalue weighted by atomic mass is 79.9. The van der Waals surface area contributed by atoms with Crippen LogP contribution < -0.4 is 4.74 Å². The van der Waals surface area contributed by atoms with E-state index >= 15 is 0 Å². The van der Waals surface area contributed by atoms with Gasteiger partial charge in [0.25, 0.3) is 0 Å². The number of rotatable bonds is 1. The maximum Gasteiger partial charge on any atom is 0.123 e. The Hall–Kier alpha value is -1.81. The fourth-order valence-corrected chi connectivity index (χ4v) is 3.63. The molecule has 0 saturated carbocycles. The van der Waals surface area contributed by atoms with Crippen LogP contribution in [0, 0.1) is 6.92 Å². The monoisotopic (exact) mass is 342 g/mol. The number of hydrogen-bond acceptors (Lipinski definition) is 2. The number of nitrogens with one attached hydrogen (secondary N) is 1. The summed E-state index contributed by atoms with van der Waals surface area (Å²) in [5.74, 6) is 2.29. The Balaban J connectivity index is 1.86. The molecule has 1 atom stereocenters. The van der Waals surface area contributed by atoms with E-state index in [1.807, 2.05) is 12.1 Å². The molecule has 4 rings (SSSR count). The number of fused-ring (bicyclic) bond motifs is 2. The minimum atomic E-state index is 0.278. The van der Waals surface area contributed by atoms with Crippen molar-refractivity contribution in [2.75, 3.05) is 6.61 Å². The van der Waals surface area contributed by atoms with Crippen LogP contribution in [0.15, 0.2) is 40.9 Å². The van der Waals surface area contributed by atoms with E-state index in [0.29, 0.717) is 0 Å². The molecule has 106 valence electrons. The summed E-state index contributed by atoms with van der Waals surface area (Å²) >= 11 is 3.55. The Bertz CT molecular complexity index is 825. The highest BCUT2D eigenvalue weighted by Gasteiger charge is 2.25. The topological polar surface area (TPSA) is 37.9 Å². The normalized spacial score (nSPS) is 17.5. The molecule has 1 aliphatic heterocycles. The standard InChI is InChI=1S/C17H15BrN2O/c1-10-8-11(18)9-14-16(10)20-17(19-14)13-6-7-21-15-5-3-2-4-12(13)15/h2-5,8-9,13H,6-7H2,1H3,(H,19,20). The maximum absolute atomic E-state index is 5.74. The van der Waals surface area contributed by atoms with Crippen molar-refractivity contribution in [3.8, 4) is 5.75 Å². The SMILES string of the molecule is Cc1cc(Br)cc2[nH]c(C3CCOc4ccccc43)nc12. The third kappa shape index (κ3) is 2.14. The Morgan fingerprint density at radius 1 is 1.29 bits per heavy atom. The summed E-state index contributed by atoms with van der Waals surface area (Å²) in [7, 11) is 0. The van der Waals surface area contributed by atoms with E-state index in [1.54, 1.807) is 0 Å². The zero-order valence-electron chi connectivity index (χ0n) is 11.7. The minimum absolute atomic E-state index is 0.278. The summed E-state index contributed by atoms with van der Waals surface area (Å²) in [6.45, 7) is 2.83. The third-order valence-corrected chi connectivity index (χ3v) is 4.51. The van der Waals surface area contributed by atoms with E-state index in [9.17, 15) is 0 Å². The molecule has 1 aliphatic rings. The number of aromatic amines is 1. The van der Waals surface area contributed by atoms with Crippen LogP contribution in [0.25, 0.3) is 11.0 Å². The first-order valence-electron chi connectivity index (χ1n) is 7.10. The molecule has 2 aromatic carbocycles.